The highest BCUT2D eigenvalue weighted by molar-refractivity contribution is 6.31. The number of urea groups is 1. The van der Waals surface area contributed by atoms with Crippen LogP contribution in [0.3, 0.4) is 0 Å². The van der Waals surface area contributed by atoms with Crippen LogP contribution in [0.4, 0.5) is 9.18 Å². The number of benzene rings is 2. The molecule has 5 nitrogen and oxygen atoms in total. The van der Waals surface area contributed by atoms with Crippen LogP contribution in [0, 0.1) is 5.82 Å². The second-order valence-corrected chi connectivity index (χ2v) is 6.17. The third-order valence-corrected chi connectivity index (χ3v) is 4.09. The molecule has 1 atom stereocenters. The number of carbonyl (C=O) groups excluding carboxylic acids is 2. The summed E-state index contributed by atoms with van der Waals surface area (Å²) in [4.78, 5) is 23.7. The van der Waals surface area contributed by atoms with Crippen LogP contribution in [-0.4, -0.2) is 25.0 Å². The highest BCUT2D eigenvalue weighted by atomic mass is 35.5. The number of carbonyl (C=O) groups is 2. The molecular weight excluding hydrogens is 357 g/mol. The van der Waals surface area contributed by atoms with Crippen molar-refractivity contribution >= 4 is 23.5 Å². The van der Waals surface area contributed by atoms with Crippen molar-refractivity contribution in [3.63, 3.8) is 0 Å². The van der Waals surface area contributed by atoms with Crippen molar-refractivity contribution in [2.75, 3.05) is 13.1 Å². The fourth-order valence-electron chi connectivity index (χ4n) is 2.35. The van der Waals surface area contributed by atoms with Crippen molar-refractivity contribution in [2.24, 2.45) is 0 Å². The molecule has 2 aromatic rings. The van der Waals surface area contributed by atoms with Crippen LogP contribution in [0.25, 0.3) is 0 Å². The molecule has 1 unspecified atom stereocenters. The lowest BCUT2D eigenvalue weighted by atomic mass is 10.1. The van der Waals surface area contributed by atoms with Gasteiger partial charge in [0, 0.05) is 23.7 Å². The van der Waals surface area contributed by atoms with Crippen LogP contribution in [0.5, 0.6) is 0 Å². The first-order valence-electron chi connectivity index (χ1n) is 8.30. The molecule has 3 N–H and O–H groups in total. The van der Waals surface area contributed by atoms with Gasteiger partial charge in [0.2, 0.25) is 0 Å². The van der Waals surface area contributed by atoms with Gasteiger partial charge in [-0.2, -0.15) is 0 Å². The van der Waals surface area contributed by atoms with Crippen LogP contribution in [0.2, 0.25) is 5.02 Å². The fourth-order valence-corrected chi connectivity index (χ4v) is 2.65. The maximum absolute atomic E-state index is 12.8. The number of amides is 3. The van der Waals surface area contributed by atoms with E-state index in [0.29, 0.717) is 30.1 Å². The molecule has 0 radical (unpaired) electrons. The average molecular weight is 378 g/mol. The summed E-state index contributed by atoms with van der Waals surface area (Å²) in [6, 6.07) is 12.1. The molecule has 0 bridgehead atoms. The molecule has 2 rings (SSSR count). The molecule has 0 spiro atoms. The molecule has 0 aliphatic carbocycles. The normalized spacial score (nSPS) is 11.5. The van der Waals surface area contributed by atoms with Gasteiger partial charge in [0.25, 0.3) is 5.91 Å². The summed E-state index contributed by atoms with van der Waals surface area (Å²) >= 11 is 6.10. The number of nitrogens with one attached hydrogen (secondary N) is 3. The van der Waals surface area contributed by atoms with Crippen LogP contribution in [0.15, 0.2) is 48.5 Å². The Balaban J connectivity index is 1.65. The fraction of sp³-hybridized carbons (Fsp3) is 0.263. The van der Waals surface area contributed by atoms with Crippen LogP contribution >= 0.6 is 11.6 Å². The van der Waals surface area contributed by atoms with Crippen LogP contribution < -0.4 is 16.0 Å². The molecule has 7 heteroatoms. The zero-order valence-corrected chi connectivity index (χ0v) is 15.1. The maximum atomic E-state index is 12.8. The predicted octanol–water partition coefficient (Wildman–Crippen LogP) is 3.66. The Morgan fingerprint density at radius 3 is 2.38 bits per heavy atom. The lowest BCUT2D eigenvalue weighted by Gasteiger charge is -2.16. The third kappa shape index (κ3) is 6.04. The van der Waals surface area contributed by atoms with E-state index in [1.165, 1.54) is 24.3 Å². The van der Waals surface area contributed by atoms with E-state index in [1.807, 2.05) is 25.1 Å². The van der Waals surface area contributed by atoms with E-state index in [1.54, 1.807) is 6.07 Å². The van der Waals surface area contributed by atoms with Gasteiger partial charge in [0.1, 0.15) is 5.82 Å². The van der Waals surface area contributed by atoms with E-state index in [-0.39, 0.29) is 23.8 Å². The van der Waals surface area contributed by atoms with Crippen molar-refractivity contribution in [1.82, 2.24) is 16.0 Å². The van der Waals surface area contributed by atoms with Gasteiger partial charge in [-0.05, 0) is 49.2 Å². The van der Waals surface area contributed by atoms with Gasteiger partial charge >= 0.3 is 6.03 Å². The lowest BCUT2D eigenvalue weighted by molar-refractivity contribution is 0.0953. The highest BCUT2D eigenvalue weighted by Crippen LogP contribution is 2.21. The Morgan fingerprint density at radius 1 is 1.04 bits per heavy atom. The number of halogens is 2. The van der Waals surface area contributed by atoms with Crippen LogP contribution in [0.1, 0.15) is 35.3 Å². The first-order chi connectivity index (χ1) is 12.5. The first kappa shape index (κ1) is 19.7. The number of hydrogen-bond donors (Lipinski definition) is 3. The molecule has 0 aromatic heterocycles. The molecule has 0 aliphatic rings. The average Bonchev–Trinajstić information content (AvgIpc) is 2.62. The van der Waals surface area contributed by atoms with Gasteiger partial charge in [0.15, 0.2) is 0 Å². The standard InChI is InChI=1S/C19H21ClFN3O2/c1-13(16-5-2-3-6-17(16)20)24-19(26)23-12-4-11-22-18(25)14-7-9-15(21)10-8-14/h2-3,5-10,13H,4,11-12H2,1H3,(H,22,25)(H2,23,24,26). The van der Waals surface area contributed by atoms with E-state index in [4.69, 9.17) is 11.6 Å². The van der Waals surface area contributed by atoms with Gasteiger partial charge in [-0.1, -0.05) is 29.8 Å². The SMILES string of the molecule is CC(NC(=O)NCCCNC(=O)c1ccc(F)cc1)c1ccccc1Cl. The summed E-state index contributed by atoms with van der Waals surface area (Å²) in [5, 5.41) is 8.86. The number of rotatable bonds is 7. The summed E-state index contributed by atoms with van der Waals surface area (Å²) in [5.41, 5.74) is 1.24. The summed E-state index contributed by atoms with van der Waals surface area (Å²) in [5.74, 6) is -0.662. The minimum atomic E-state index is -0.386. The largest absolute Gasteiger partial charge is 0.352 e. The van der Waals surface area contributed by atoms with Gasteiger partial charge in [-0.3, -0.25) is 4.79 Å². The van der Waals surface area contributed by atoms with Crippen molar-refractivity contribution in [3.05, 3.63) is 70.5 Å². The second kappa shape index (κ2) is 9.77. The molecule has 138 valence electrons. The Bertz CT molecular complexity index is 753. The zero-order chi connectivity index (χ0) is 18.9. The molecule has 0 aliphatic heterocycles. The minimum Gasteiger partial charge on any atom is -0.352 e. The van der Waals surface area contributed by atoms with Crippen molar-refractivity contribution in [2.45, 2.75) is 19.4 Å². The van der Waals surface area contributed by atoms with Crippen LogP contribution in [-0.2, 0) is 0 Å². The van der Waals surface area contributed by atoms with E-state index in [0.717, 1.165) is 5.56 Å². The van der Waals surface area contributed by atoms with Crippen molar-refractivity contribution < 1.29 is 14.0 Å². The monoisotopic (exact) mass is 377 g/mol. The van der Waals surface area contributed by atoms with Crippen molar-refractivity contribution in [1.29, 1.82) is 0 Å². The van der Waals surface area contributed by atoms with E-state index >= 15 is 0 Å². The predicted molar refractivity (Wildman–Crippen MR) is 99.8 cm³/mol. The third-order valence-electron chi connectivity index (χ3n) is 3.75. The molecule has 0 saturated heterocycles. The lowest BCUT2D eigenvalue weighted by Crippen LogP contribution is -2.38. The van der Waals surface area contributed by atoms with E-state index in [2.05, 4.69) is 16.0 Å². The van der Waals surface area contributed by atoms with E-state index in [9.17, 15) is 14.0 Å². The smallest absolute Gasteiger partial charge is 0.315 e. The minimum absolute atomic E-state index is 0.220. The Kier molecular flexibility index (Phi) is 7.41. The molecular formula is C19H21ClFN3O2. The summed E-state index contributed by atoms with van der Waals surface area (Å²) in [7, 11) is 0. The van der Waals surface area contributed by atoms with Gasteiger partial charge < -0.3 is 16.0 Å². The Labute approximate surface area is 156 Å². The maximum Gasteiger partial charge on any atom is 0.315 e. The van der Waals surface area contributed by atoms with Gasteiger partial charge in [-0.25, -0.2) is 9.18 Å². The molecule has 26 heavy (non-hydrogen) atoms. The van der Waals surface area contributed by atoms with E-state index < -0.39 is 0 Å². The molecule has 2 aromatic carbocycles. The number of hydrogen-bond acceptors (Lipinski definition) is 2. The molecule has 0 heterocycles. The summed E-state index contributed by atoms with van der Waals surface area (Å²) < 4.78 is 12.8. The Hall–Kier alpha value is -2.60. The van der Waals surface area contributed by atoms with Gasteiger partial charge in [-0.15, -0.1) is 0 Å². The highest BCUT2D eigenvalue weighted by Gasteiger charge is 2.11. The van der Waals surface area contributed by atoms with Crippen molar-refractivity contribution in [3.8, 4) is 0 Å². The quantitative estimate of drug-likeness (QED) is 0.644. The first-order valence-corrected chi connectivity index (χ1v) is 8.67. The van der Waals surface area contributed by atoms with Gasteiger partial charge in [0.05, 0.1) is 6.04 Å². The molecule has 0 fully saturated rings. The topological polar surface area (TPSA) is 70.2 Å². The molecule has 0 saturated carbocycles. The summed E-state index contributed by atoms with van der Waals surface area (Å²) in [6.45, 7) is 2.66. The Morgan fingerprint density at radius 2 is 1.69 bits per heavy atom. The summed E-state index contributed by atoms with van der Waals surface area (Å²) in [6.07, 6.45) is 0.570. The second-order valence-electron chi connectivity index (χ2n) is 5.76. The molecule has 3 amide bonds. The zero-order valence-electron chi connectivity index (χ0n) is 14.4.